The molecule has 5 heteroatoms. The lowest BCUT2D eigenvalue weighted by atomic mass is 10.0. The van der Waals surface area contributed by atoms with Crippen LogP contribution >= 0.6 is 0 Å². The van der Waals surface area contributed by atoms with Crippen LogP contribution in [0.1, 0.15) is 20.8 Å². The smallest absolute Gasteiger partial charge is 0.212 e. The average Bonchev–Trinajstić information content (AvgIpc) is 2.50. The van der Waals surface area contributed by atoms with E-state index in [1.165, 1.54) is 0 Å². The molecule has 1 heterocycles. The Balaban J connectivity index is 1.89. The van der Waals surface area contributed by atoms with Crippen molar-refractivity contribution in [2.24, 2.45) is 17.3 Å². The van der Waals surface area contributed by atoms with Crippen molar-refractivity contribution in [2.75, 3.05) is 18.8 Å². The first-order valence-corrected chi connectivity index (χ1v) is 7.14. The molecule has 0 amide bonds. The molecule has 2 unspecified atom stereocenters. The lowest BCUT2D eigenvalue weighted by molar-refractivity contribution is 0.456. The third-order valence-corrected chi connectivity index (χ3v) is 4.91. The summed E-state index contributed by atoms with van der Waals surface area (Å²) >= 11 is 0. The van der Waals surface area contributed by atoms with E-state index < -0.39 is 10.0 Å². The van der Waals surface area contributed by atoms with Crippen LogP contribution in [0, 0.1) is 17.3 Å². The first-order chi connectivity index (χ1) is 6.79. The maximum absolute atomic E-state index is 11.8. The van der Waals surface area contributed by atoms with Gasteiger partial charge in [-0.1, -0.05) is 20.8 Å². The summed E-state index contributed by atoms with van der Waals surface area (Å²) in [6, 6.07) is 0.207. The van der Waals surface area contributed by atoms with Gasteiger partial charge in [0.25, 0.3) is 0 Å². The highest BCUT2D eigenvalue weighted by Gasteiger charge is 2.54. The van der Waals surface area contributed by atoms with Crippen LogP contribution in [0.2, 0.25) is 0 Å². The van der Waals surface area contributed by atoms with Crippen LogP contribution in [-0.2, 0) is 10.0 Å². The van der Waals surface area contributed by atoms with Crippen molar-refractivity contribution in [3.63, 3.8) is 0 Å². The maximum Gasteiger partial charge on any atom is 0.212 e. The summed E-state index contributed by atoms with van der Waals surface area (Å²) in [5, 5.41) is 3.25. The zero-order valence-corrected chi connectivity index (χ0v) is 10.4. The minimum Gasteiger partial charge on any atom is -0.316 e. The van der Waals surface area contributed by atoms with Crippen molar-refractivity contribution in [3.05, 3.63) is 0 Å². The van der Waals surface area contributed by atoms with E-state index in [2.05, 4.69) is 10.0 Å². The molecule has 1 saturated heterocycles. The van der Waals surface area contributed by atoms with Gasteiger partial charge in [-0.3, -0.25) is 0 Å². The third kappa shape index (κ3) is 2.71. The molecule has 2 atom stereocenters. The summed E-state index contributed by atoms with van der Waals surface area (Å²) in [6.07, 6.45) is 0. The predicted molar refractivity (Wildman–Crippen MR) is 60.0 cm³/mol. The summed E-state index contributed by atoms with van der Waals surface area (Å²) in [6.45, 7) is 7.77. The van der Waals surface area contributed by atoms with E-state index in [0.29, 0.717) is 11.8 Å². The van der Waals surface area contributed by atoms with Crippen LogP contribution in [0.3, 0.4) is 0 Å². The van der Waals surface area contributed by atoms with Crippen LogP contribution in [0.25, 0.3) is 0 Å². The topological polar surface area (TPSA) is 58.2 Å². The number of hydrogen-bond acceptors (Lipinski definition) is 3. The van der Waals surface area contributed by atoms with Crippen LogP contribution in [-0.4, -0.2) is 33.3 Å². The SMILES string of the molecule is CC(C)(C)CS(=O)(=O)NC1C2CNCC21. The molecule has 1 saturated carbocycles. The summed E-state index contributed by atoms with van der Waals surface area (Å²) < 4.78 is 26.4. The Morgan fingerprint density at radius 2 is 1.80 bits per heavy atom. The van der Waals surface area contributed by atoms with Gasteiger partial charge in [0, 0.05) is 6.04 Å². The van der Waals surface area contributed by atoms with Crippen LogP contribution < -0.4 is 10.0 Å². The third-order valence-electron chi connectivity index (χ3n) is 3.03. The first-order valence-electron chi connectivity index (χ1n) is 5.49. The second-order valence-corrected chi connectivity index (χ2v) is 7.70. The molecule has 4 nitrogen and oxygen atoms in total. The Labute approximate surface area is 91.9 Å². The molecule has 15 heavy (non-hydrogen) atoms. The highest BCUT2D eigenvalue weighted by molar-refractivity contribution is 7.89. The lowest BCUT2D eigenvalue weighted by Crippen LogP contribution is -2.37. The standard InChI is InChI=1S/C10H20N2O2S/c1-10(2,3)6-15(13,14)12-9-7-4-11-5-8(7)9/h7-9,11-12H,4-6H2,1-3H3. The second kappa shape index (κ2) is 3.43. The minimum absolute atomic E-state index is 0.173. The number of fused-ring (bicyclic) bond motifs is 1. The van der Waals surface area contributed by atoms with Gasteiger partial charge in [-0.2, -0.15) is 0 Å². The van der Waals surface area contributed by atoms with Gasteiger partial charge in [-0.15, -0.1) is 0 Å². The molecule has 1 aliphatic heterocycles. The second-order valence-electron chi connectivity index (χ2n) is 5.95. The molecule has 88 valence electrons. The molecule has 2 aliphatic rings. The number of sulfonamides is 1. The van der Waals surface area contributed by atoms with Gasteiger partial charge in [-0.05, 0) is 30.3 Å². The number of nitrogens with one attached hydrogen (secondary N) is 2. The number of hydrogen-bond donors (Lipinski definition) is 2. The minimum atomic E-state index is -3.10. The fraction of sp³-hybridized carbons (Fsp3) is 1.00. The normalized spacial score (nSPS) is 35.3. The zero-order valence-electron chi connectivity index (χ0n) is 9.58. The summed E-state index contributed by atoms with van der Waals surface area (Å²) in [5.41, 5.74) is -0.173. The molecule has 0 aromatic heterocycles. The van der Waals surface area contributed by atoms with Crippen LogP contribution in [0.4, 0.5) is 0 Å². The lowest BCUT2D eigenvalue weighted by Gasteiger charge is -2.18. The monoisotopic (exact) mass is 232 g/mol. The van der Waals surface area contributed by atoms with Crippen LogP contribution in [0.15, 0.2) is 0 Å². The molecule has 2 rings (SSSR count). The highest BCUT2D eigenvalue weighted by Crippen LogP contribution is 2.42. The number of piperidine rings is 1. The fourth-order valence-corrected chi connectivity index (χ4v) is 4.40. The van der Waals surface area contributed by atoms with Crippen molar-refractivity contribution in [2.45, 2.75) is 26.8 Å². The van der Waals surface area contributed by atoms with Crippen molar-refractivity contribution >= 4 is 10.0 Å². The maximum atomic E-state index is 11.8. The first kappa shape index (κ1) is 11.4. The fourth-order valence-electron chi connectivity index (χ4n) is 2.41. The molecule has 0 aromatic rings. The van der Waals surface area contributed by atoms with Gasteiger partial charge in [0.1, 0.15) is 0 Å². The van der Waals surface area contributed by atoms with Gasteiger partial charge < -0.3 is 5.32 Å². The Hall–Kier alpha value is -0.130. The Kier molecular flexibility index (Phi) is 2.60. The molecular weight excluding hydrogens is 212 g/mol. The largest absolute Gasteiger partial charge is 0.316 e. The zero-order chi connectivity index (χ0) is 11.3. The average molecular weight is 232 g/mol. The van der Waals surface area contributed by atoms with Crippen molar-refractivity contribution in [1.29, 1.82) is 0 Å². The highest BCUT2D eigenvalue weighted by atomic mass is 32.2. The van der Waals surface area contributed by atoms with E-state index in [-0.39, 0.29) is 17.2 Å². The summed E-state index contributed by atoms with van der Waals surface area (Å²) in [4.78, 5) is 0. The van der Waals surface area contributed by atoms with E-state index in [4.69, 9.17) is 0 Å². The van der Waals surface area contributed by atoms with E-state index in [1.54, 1.807) is 0 Å². The van der Waals surface area contributed by atoms with E-state index in [1.807, 2.05) is 20.8 Å². The van der Waals surface area contributed by atoms with Crippen LogP contribution in [0.5, 0.6) is 0 Å². The molecule has 0 bridgehead atoms. The number of rotatable bonds is 3. The van der Waals surface area contributed by atoms with Crippen molar-refractivity contribution < 1.29 is 8.42 Å². The van der Waals surface area contributed by atoms with Gasteiger partial charge >= 0.3 is 0 Å². The Bertz CT molecular complexity index is 335. The molecule has 0 radical (unpaired) electrons. The van der Waals surface area contributed by atoms with E-state index >= 15 is 0 Å². The Morgan fingerprint density at radius 3 is 2.27 bits per heavy atom. The molecule has 2 fully saturated rings. The van der Waals surface area contributed by atoms with Crippen molar-refractivity contribution in [3.8, 4) is 0 Å². The molecule has 0 spiro atoms. The molecule has 1 aliphatic carbocycles. The summed E-state index contributed by atoms with van der Waals surface area (Å²) in [5.74, 6) is 1.29. The molecular formula is C10H20N2O2S. The van der Waals surface area contributed by atoms with Gasteiger partial charge in [0.2, 0.25) is 10.0 Å². The van der Waals surface area contributed by atoms with Crippen molar-refractivity contribution in [1.82, 2.24) is 10.0 Å². The molecule has 2 N–H and O–H groups in total. The predicted octanol–water partition coefficient (Wildman–Crippen LogP) is 0.170. The van der Waals surface area contributed by atoms with Gasteiger partial charge in [0.05, 0.1) is 5.75 Å². The molecule has 0 aromatic carbocycles. The Morgan fingerprint density at radius 1 is 1.27 bits per heavy atom. The van der Waals surface area contributed by atoms with E-state index in [9.17, 15) is 8.42 Å². The van der Waals surface area contributed by atoms with Gasteiger partial charge in [0.15, 0.2) is 0 Å². The quantitative estimate of drug-likeness (QED) is 0.729. The summed E-state index contributed by atoms with van der Waals surface area (Å²) in [7, 11) is -3.10. The van der Waals surface area contributed by atoms with Gasteiger partial charge in [-0.25, -0.2) is 13.1 Å². The van der Waals surface area contributed by atoms with E-state index in [0.717, 1.165) is 13.1 Å².